The average Bonchev–Trinajstić information content (AvgIpc) is 2.45. The minimum atomic E-state index is 0.0714. The van der Waals surface area contributed by atoms with E-state index in [0.29, 0.717) is 6.54 Å². The lowest BCUT2D eigenvalue weighted by molar-refractivity contribution is 0.552. The maximum absolute atomic E-state index is 5.59. The summed E-state index contributed by atoms with van der Waals surface area (Å²) in [6, 6.07) is 0. The fourth-order valence-electron chi connectivity index (χ4n) is 1.52. The smallest absolute Gasteiger partial charge is 0.0750 e. The highest BCUT2D eigenvalue weighted by Crippen LogP contribution is 2.25. The number of hydrogen-bond acceptors (Lipinski definition) is 2. The SMILES string of the molecule is CC(=Cc1cn(C)nc1C(C)(C)C)CN. The number of aromatic nitrogens is 2. The third-order valence-electron chi connectivity index (χ3n) is 2.29. The zero-order valence-electron chi connectivity index (χ0n) is 10.3. The van der Waals surface area contributed by atoms with E-state index in [0.717, 1.165) is 5.69 Å². The van der Waals surface area contributed by atoms with E-state index in [1.165, 1.54) is 11.1 Å². The molecule has 1 rings (SSSR count). The van der Waals surface area contributed by atoms with Crippen LogP contribution in [0.25, 0.3) is 6.08 Å². The van der Waals surface area contributed by atoms with E-state index in [2.05, 4.69) is 31.9 Å². The summed E-state index contributed by atoms with van der Waals surface area (Å²) >= 11 is 0. The molecule has 1 heterocycles. The molecule has 3 nitrogen and oxygen atoms in total. The van der Waals surface area contributed by atoms with Gasteiger partial charge < -0.3 is 5.73 Å². The van der Waals surface area contributed by atoms with Crippen molar-refractivity contribution in [3.05, 3.63) is 23.0 Å². The topological polar surface area (TPSA) is 43.8 Å². The van der Waals surface area contributed by atoms with Crippen LogP contribution in [0.15, 0.2) is 11.8 Å². The molecule has 3 heteroatoms. The second kappa shape index (κ2) is 4.19. The molecule has 1 aromatic rings. The highest BCUT2D eigenvalue weighted by molar-refractivity contribution is 5.55. The quantitative estimate of drug-likeness (QED) is 0.807. The number of rotatable bonds is 2. The van der Waals surface area contributed by atoms with Crippen LogP contribution in [0.1, 0.15) is 39.0 Å². The molecule has 2 N–H and O–H groups in total. The first-order valence-corrected chi connectivity index (χ1v) is 5.26. The van der Waals surface area contributed by atoms with Crippen molar-refractivity contribution in [2.75, 3.05) is 6.54 Å². The normalized spacial score (nSPS) is 13.3. The molecule has 0 spiro atoms. The van der Waals surface area contributed by atoms with Crippen molar-refractivity contribution in [3.8, 4) is 0 Å². The van der Waals surface area contributed by atoms with Gasteiger partial charge in [-0.15, -0.1) is 0 Å². The molecule has 0 fully saturated rings. The van der Waals surface area contributed by atoms with Gasteiger partial charge >= 0.3 is 0 Å². The molecule has 0 unspecified atom stereocenters. The fourth-order valence-corrected chi connectivity index (χ4v) is 1.52. The molecule has 1 aromatic heterocycles. The van der Waals surface area contributed by atoms with Gasteiger partial charge in [0, 0.05) is 30.8 Å². The van der Waals surface area contributed by atoms with Gasteiger partial charge in [0.1, 0.15) is 0 Å². The lowest BCUT2D eigenvalue weighted by atomic mass is 9.89. The van der Waals surface area contributed by atoms with Gasteiger partial charge in [-0.05, 0) is 6.92 Å². The Morgan fingerprint density at radius 3 is 2.60 bits per heavy atom. The average molecular weight is 207 g/mol. The van der Waals surface area contributed by atoms with E-state index in [1.54, 1.807) is 0 Å². The predicted molar refractivity (Wildman–Crippen MR) is 64.6 cm³/mol. The Kier molecular flexibility index (Phi) is 3.35. The highest BCUT2D eigenvalue weighted by Gasteiger charge is 2.20. The van der Waals surface area contributed by atoms with Crippen LogP contribution in [0.3, 0.4) is 0 Å². The Bertz CT molecular complexity index is 367. The molecule has 0 saturated carbocycles. The molecule has 0 atom stereocenters. The summed E-state index contributed by atoms with van der Waals surface area (Å²) in [5.41, 5.74) is 9.13. The number of nitrogens with two attached hydrogens (primary N) is 1. The molecular weight excluding hydrogens is 186 g/mol. The molecular formula is C12H21N3. The summed E-state index contributed by atoms with van der Waals surface area (Å²) in [5.74, 6) is 0. The van der Waals surface area contributed by atoms with Crippen molar-refractivity contribution < 1.29 is 0 Å². The molecule has 0 bridgehead atoms. The number of nitrogens with zero attached hydrogens (tertiary/aromatic N) is 2. The molecule has 0 aliphatic heterocycles. The third-order valence-corrected chi connectivity index (χ3v) is 2.29. The van der Waals surface area contributed by atoms with Crippen molar-refractivity contribution in [2.45, 2.75) is 33.1 Å². The largest absolute Gasteiger partial charge is 0.327 e. The Morgan fingerprint density at radius 1 is 1.53 bits per heavy atom. The summed E-state index contributed by atoms with van der Waals surface area (Å²) in [7, 11) is 1.95. The zero-order valence-corrected chi connectivity index (χ0v) is 10.3. The minimum Gasteiger partial charge on any atom is -0.327 e. The van der Waals surface area contributed by atoms with Gasteiger partial charge in [-0.25, -0.2) is 0 Å². The molecule has 0 aromatic carbocycles. The van der Waals surface area contributed by atoms with Crippen LogP contribution in [-0.4, -0.2) is 16.3 Å². The summed E-state index contributed by atoms with van der Waals surface area (Å²) < 4.78 is 1.86. The van der Waals surface area contributed by atoms with E-state index in [4.69, 9.17) is 5.73 Å². The minimum absolute atomic E-state index is 0.0714. The fraction of sp³-hybridized carbons (Fsp3) is 0.583. The van der Waals surface area contributed by atoms with Crippen LogP contribution < -0.4 is 5.73 Å². The van der Waals surface area contributed by atoms with Crippen LogP contribution >= 0.6 is 0 Å². The van der Waals surface area contributed by atoms with Crippen LogP contribution in [0, 0.1) is 0 Å². The van der Waals surface area contributed by atoms with Gasteiger partial charge in [0.15, 0.2) is 0 Å². The first-order valence-electron chi connectivity index (χ1n) is 5.26. The Morgan fingerprint density at radius 2 is 2.13 bits per heavy atom. The standard InChI is InChI=1S/C12H21N3/c1-9(7-13)6-10-8-15(5)14-11(10)12(2,3)4/h6,8H,7,13H2,1-5H3. The summed E-state index contributed by atoms with van der Waals surface area (Å²) in [6.45, 7) is 9.15. The third kappa shape index (κ3) is 2.93. The van der Waals surface area contributed by atoms with Gasteiger partial charge in [0.25, 0.3) is 0 Å². The molecule has 0 radical (unpaired) electrons. The van der Waals surface area contributed by atoms with Crippen LogP contribution in [-0.2, 0) is 12.5 Å². The van der Waals surface area contributed by atoms with Crippen LogP contribution in [0.4, 0.5) is 0 Å². The highest BCUT2D eigenvalue weighted by atomic mass is 15.3. The van der Waals surface area contributed by atoms with Gasteiger partial charge in [-0.1, -0.05) is 32.4 Å². The number of aryl methyl sites for hydroxylation is 1. The lowest BCUT2D eigenvalue weighted by Crippen LogP contribution is -2.14. The van der Waals surface area contributed by atoms with Crippen molar-refractivity contribution >= 4 is 6.08 Å². The van der Waals surface area contributed by atoms with Crippen molar-refractivity contribution in [1.82, 2.24) is 9.78 Å². The Hall–Kier alpha value is -1.09. The molecule has 84 valence electrons. The van der Waals surface area contributed by atoms with Crippen molar-refractivity contribution in [2.24, 2.45) is 12.8 Å². The molecule has 0 aliphatic rings. The van der Waals surface area contributed by atoms with Gasteiger partial charge in [-0.2, -0.15) is 5.10 Å². The summed E-state index contributed by atoms with van der Waals surface area (Å²) in [6.07, 6.45) is 4.16. The van der Waals surface area contributed by atoms with Gasteiger partial charge in [-0.3, -0.25) is 4.68 Å². The second-order valence-corrected chi connectivity index (χ2v) is 5.05. The molecule has 0 amide bonds. The number of hydrogen-bond donors (Lipinski definition) is 1. The van der Waals surface area contributed by atoms with Crippen molar-refractivity contribution in [3.63, 3.8) is 0 Å². The molecule has 0 aliphatic carbocycles. The monoisotopic (exact) mass is 207 g/mol. The molecule has 15 heavy (non-hydrogen) atoms. The predicted octanol–water partition coefficient (Wildman–Crippen LogP) is 2.08. The van der Waals surface area contributed by atoms with E-state index in [9.17, 15) is 0 Å². The zero-order chi connectivity index (χ0) is 11.6. The van der Waals surface area contributed by atoms with E-state index < -0.39 is 0 Å². The van der Waals surface area contributed by atoms with Gasteiger partial charge in [0.05, 0.1) is 5.69 Å². The van der Waals surface area contributed by atoms with E-state index in [1.807, 2.05) is 24.9 Å². The van der Waals surface area contributed by atoms with Crippen molar-refractivity contribution in [1.29, 1.82) is 0 Å². The molecule has 0 saturated heterocycles. The van der Waals surface area contributed by atoms with Crippen LogP contribution in [0.2, 0.25) is 0 Å². The lowest BCUT2D eigenvalue weighted by Gasteiger charge is -2.16. The first kappa shape index (κ1) is 12.0. The van der Waals surface area contributed by atoms with E-state index in [-0.39, 0.29) is 5.41 Å². The Labute approximate surface area is 92.0 Å². The van der Waals surface area contributed by atoms with Crippen LogP contribution in [0.5, 0.6) is 0 Å². The summed E-state index contributed by atoms with van der Waals surface area (Å²) in [5, 5.41) is 4.50. The second-order valence-electron chi connectivity index (χ2n) is 5.05. The first-order chi connectivity index (χ1) is 6.84. The maximum Gasteiger partial charge on any atom is 0.0750 e. The van der Waals surface area contributed by atoms with Gasteiger partial charge in [0.2, 0.25) is 0 Å². The van der Waals surface area contributed by atoms with E-state index >= 15 is 0 Å². The Balaban J connectivity index is 3.18. The summed E-state index contributed by atoms with van der Waals surface area (Å²) in [4.78, 5) is 0. The maximum atomic E-state index is 5.59.